The molecule has 106 valence electrons. The van der Waals surface area contributed by atoms with Crippen molar-refractivity contribution in [3.8, 4) is 5.75 Å². The fourth-order valence-corrected chi connectivity index (χ4v) is 2.26. The molecule has 0 spiro atoms. The van der Waals surface area contributed by atoms with Crippen LogP contribution in [-0.2, 0) is 6.54 Å². The van der Waals surface area contributed by atoms with E-state index in [2.05, 4.69) is 24.0 Å². The van der Waals surface area contributed by atoms with E-state index in [1.54, 1.807) is 19.1 Å². The van der Waals surface area contributed by atoms with E-state index in [-0.39, 0.29) is 5.75 Å². The van der Waals surface area contributed by atoms with Crippen LogP contribution in [-0.4, -0.2) is 17.3 Å². The maximum Gasteiger partial charge on any atom is 0.123 e. The summed E-state index contributed by atoms with van der Waals surface area (Å²) in [5.74, 6) is 0.133. The quantitative estimate of drug-likeness (QED) is 0.896. The van der Waals surface area contributed by atoms with Crippen LogP contribution in [0.3, 0.4) is 0 Å². The van der Waals surface area contributed by atoms with Crippen molar-refractivity contribution in [1.29, 1.82) is 0 Å². The van der Waals surface area contributed by atoms with Crippen molar-refractivity contribution in [1.82, 2.24) is 0 Å². The topological polar surface area (TPSA) is 43.7 Å². The van der Waals surface area contributed by atoms with Crippen molar-refractivity contribution in [2.45, 2.75) is 26.5 Å². The van der Waals surface area contributed by atoms with Gasteiger partial charge in [0.25, 0.3) is 0 Å². The van der Waals surface area contributed by atoms with E-state index in [4.69, 9.17) is 0 Å². The summed E-state index contributed by atoms with van der Waals surface area (Å²) in [5, 5.41) is 19.5. The lowest BCUT2D eigenvalue weighted by molar-refractivity contribution is 0.195. The van der Waals surface area contributed by atoms with E-state index in [1.807, 2.05) is 25.2 Å². The van der Waals surface area contributed by atoms with Crippen molar-refractivity contribution in [2.24, 2.45) is 0 Å². The molecule has 1 unspecified atom stereocenters. The number of aliphatic hydroxyl groups is 1. The minimum absolute atomic E-state index is 0.133. The van der Waals surface area contributed by atoms with E-state index in [0.717, 1.165) is 12.2 Å². The molecule has 2 N–H and O–H groups in total. The van der Waals surface area contributed by atoms with E-state index >= 15 is 0 Å². The van der Waals surface area contributed by atoms with Crippen LogP contribution in [0.15, 0.2) is 42.5 Å². The van der Waals surface area contributed by atoms with Crippen molar-refractivity contribution < 1.29 is 10.2 Å². The molecular formula is C17H21NO2. The molecule has 20 heavy (non-hydrogen) atoms. The van der Waals surface area contributed by atoms with Gasteiger partial charge >= 0.3 is 0 Å². The molecule has 2 rings (SSSR count). The van der Waals surface area contributed by atoms with Crippen molar-refractivity contribution in [3.05, 3.63) is 59.2 Å². The number of aromatic hydroxyl groups is 1. The Hall–Kier alpha value is -2.00. The summed E-state index contributed by atoms with van der Waals surface area (Å²) in [6, 6.07) is 13.6. The Morgan fingerprint density at radius 2 is 1.85 bits per heavy atom. The Morgan fingerprint density at radius 3 is 2.45 bits per heavy atom. The van der Waals surface area contributed by atoms with Gasteiger partial charge in [0.15, 0.2) is 0 Å². The molecular weight excluding hydrogens is 250 g/mol. The summed E-state index contributed by atoms with van der Waals surface area (Å²) in [6.45, 7) is 4.52. The van der Waals surface area contributed by atoms with Gasteiger partial charge in [0.1, 0.15) is 5.75 Å². The molecule has 0 heterocycles. The maximum atomic E-state index is 9.94. The van der Waals surface area contributed by atoms with Crippen LogP contribution in [0.2, 0.25) is 0 Å². The largest absolute Gasteiger partial charge is 0.507 e. The van der Waals surface area contributed by atoms with Crippen LogP contribution in [0.4, 0.5) is 5.69 Å². The Morgan fingerprint density at radius 1 is 1.15 bits per heavy atom. The Bertz CT molecular complexity index is 593. The Kier molecular flexibility index (Phi) is 4.30. The number of benzene rings is 2. The molecule has 0 bridgehead atoms. The summed E-state index contributed by atoms with van der Waals surface area (Å²) in [6.07, 6.45) is -0.661. The van der Waals surface area contributed by atoms with Gasteiger partial charge in [-0.25, -0.2) is 0 Å². The highest BCUT2D eigenvalue weighted by atomic mass is 16.3. The molecule has 0 saturated carbocycles. The predicted octanol–water partition coefficient (Wildman–Crippen LogP) is 3.39. The van der Waals surface area contributed by atoms with Crippen molar-refractivity contribution in [3.63, 3.8) is 0 Å². The molecule has 0 amide bonds. The van der Waals surface area contributed by atoms with Gasteiger partial charge in [-0.15, -0.1) is 0 Å². The van der Waals surface area contributed by atoms with Crippen LogP contribution in [0.5, 0.6) is 5.75 Å². The first-order chi connectivity index (χ1) is 9.49. The average Bonchev–Trinajstić information content (AvgIpc) is 2.40. The Balaban J connectivity index is 2.20. The number of rotatable bonds is 4. The van der Waals surface area contributed by atoms with E-state index in [9.17, 15) is 10.2 Å². The lowest BCUT2D eigenvalue weighted by Crippen LogP contribution is -2.17. The van der Waals surface area contributed by atoms with Gasteiger partial charge in [-0.2, -0.15) is 0 Å². The van der Waals surface area contributed by atoms with Gasteiger partial charge in [0.05, 0.1) is 6.10 Å². The van der Waals surface area contributed by atoms with E-state index < -0.39 is 6.10 Å². The smallest absolute Gasteiger partial charge is 0.123 e. The zero-order chi connectivity index (χ0) is 14.7. The number of aryl methyl sites for hydroxylation is 1. The summed E-state index contributed by atoms with van der Waals surface area (Å²) in [4.78, 5) is 2.08. The third-order valence-electron chi connectivity index (χ3n) is 3.57. The molecule has 0 radical (unpaired) electrons. The van der Waals surface area contributed by atoms with Gasteiger partial charge < -0.3 is 15.1 Å². The van der Waals surface area contributed by atoms with Crippen LogP contribution >= 0.6 is 0 Å². The van der Waals surface area contributed by atoms with Crippen molar-refractivity contribution >= 4 is 5.69 Å². The van der Waals surface area contributed by atoms with E-state index in [0.29, 0.717) is 5.56 Å². The number of aliphatic hydroxyl groups excluding tert-OH is 1. The maximum absolute atomic E-state index is 9.94. The molecule has 1 atom stereocenters. The lowest BCUT2D eigenvalue weighted by Gasteiger charge is -2.21. The summed E-state index contributed by atoms with van der Waals surface area (Å²) in [5.41, 5.74) is 3.99. The fraction of sp³-hybridized carbons (Fsp3) is 0.294. The van der Waals surface area contributed by atoms with Gasteiger partial charge in [0, 0.05) is 30.9 Å². The SMILES string of the molecule is Cc1ccccc1CN(C)c1ccc(C(C)O)c(O)c1. The summed E-state index contributed by atoms with van der Waals surface area (Å²) in [7, 11) is 1.99. The Labute approximate surface area is 120 Å². The highest BCUT2D eigenvalue weighted by molar-refractivity contribution is 5.53. The van der Waals surface area contributed by atoms with Crippen LogP contribution in [0.1, 0.15) is 29.7 Å². The molecule has 0 fully saturated rings. The number of phenols is 1. The molecule has 0 aliphatic rings. The molecule has 0 aliphatic heterocycles. The normalized spacial score (nSPS) is 12.2. The molecule has 3 nitrogen and oxygen atoms in total. The zero-order valence-electron chi connectivity index (χ0n) is 12.2. The number of phenolic OH excluding ortho intramolecular Hbond substituents is 1. The second-order valence-electron chi connectivity index (χ2n) is 5.20. The van der Waals surface area contributed by atoms with Crippen LogP contribution in [0, 0.1) is 6.92 Å². The average molecular weight is 271 g/mol. The van der Waals surface area contributed by atoms with Crippen LogP contribution < -0.4 is 4.90 Å². The summed E-state index contributed by atoms with van der Waals surface area (Å²) < 4.78 is 0. The highest BCUT2D eigenvalue weighted by Crippen LogP contribution is 2.29. The fourth-order valence-electron chi connectivity index (χ4n) is 2.26. The number of hydrogen-bond donors (Lipinski definition) is 2. The monoisotopic (exact) mass is 271 g/mol. The standard InChI is InChI=1S/C17H21NO2/c1-12-6-4-5-7-14(12)11-18(3)15-8-9-16(13(2)19)17(20)10-15/h4-10,13,19-20H,11H2,1-3H3. The second kappa shape index (κ2) is 5.97. The van der Waals surface area contributed by atoms with Crippen molar-refractivity contribution in [2.75, 3.05) is 11.9 Å². The van der Waals surface area contributed by atoms with E-state index in [1.165, 1.54) is 11.1 Å². The van der Waals surface area contributed by atoms with Gasteiger partial charge in [-0.3, -0.25) is 0 Å². The van der Waals surface area contributed by atoms with Gasteiger partial charge in [-0.1, -0.05) is 30.3 Å². The number of anilines is 1. The molecule has 2 aromatic rings. The first-order valence-corrected chi connectivity index (χ1v) is 6.75. The minimum Gasteiger partial charge on any atom is -0.507 e. The lowest BCUT2D eigenvalue weighted by atomic mass is 10.1. The number of hydrogen-bond acceptors (Lipinski definition) is 3. The minimum atomic E-state index is -0.661. The molecule has 2 aromatic carbocycles. The first kappa shape index (κ1) is 14.4. The summed E-state index contributed by atoms with van der Waals surface area (Å²) >= 11 is 0. The zero-order valence-corrected chi connectivity index (χ0v) is 12.2. The highest BCUT2D eigenvalue weighted by Gasteiger charge is 2.10. The second-order valence-corrected chi connectivity index (χ2v) is 5.20. The first-order valence-electron chi connectivity index (χ1n) is 6.75. The molecule has 0 saturated heterocycles. The third-order valence-corrected chi connectivity index (χ3v) is 3.57. The predicted molar refractivity (Wildman–Crippen MR) is 82.0 cm³/mol. The van der Waals surface area contributed by atoms with Gasteiger partial charge in [-0.05, 0) is 31.0 Å². The third kappa shape index (κ3) is 3.11. The van der Waals surface area contributed by atoms with Crippen LogP contribution in [0.25, 0.3) is 0 Å². The molecule has 0 aromatic heterocycles. The molecule has 3 heteroatoms. The van der Waals surface area contributed by atoms with Gasteiger partial charge in [0.2, 0.25) is 0 Å². The molecule has 0 aliphatic carbocycles. The number of nitrogens with zero attached hydrogens (tertiary/aromatic N) is 1.